The first kappa shape index (κ1) is 33.0. The number of para-hydroxylation sites is 1. The zero-order valence-electron chi connectivity index (χ0n) is 24.7. The number of unbranched alkanes of at least 4 members (excludes halogenated alkanes) is 6. The van der Waals surface area contributed by atoms with Crippen LogP contribution in [0.15, 0.2) is 71.9 Å². The lowest BCUT2D eigenvalue weighted by Crippen LogP contribution is -2.40. The fourth-order valence-corrected chi connectivity index (χ4v) is 4.58. The quantitative estimate of drug-likeness (QED) is 0.125. The third-order valence-corrected chi connectivity index (χ3v) is 6.67. The van der Waals surface area contributed by atoms with Crippen molar-refractivity contribution in [1.82, 2.24) is 15.1 Å². The zero-order chi connectivity index (χ0) is 30.4. The maximum atomic E-state index is 13.6. The lowest BCUT2D eigenvalue weighted by Gasteiger charge is -2.29. The zero-order valence-corrected chi connectivity index (χ0v) is 24.7. The summed E-state index contributed by atoms with van der Waals surface area (Å²) in [5, 5.41) is 14.8. The van der Waals surface area contributed by atoms with Crippen molar-refractivity contribution in [1.29, 1.82) is 0 Å². The van der Waals surface area contributed by atoms with Crippen molar-refractivity contribution in [2.75, 3.05) is 20.7 Å². The van der Waals surface area contributed by atoms with E-state index in [4.69, 9.17) is 4.74 Å². The third-order valence-electron chi connectivity index (χ3n) is 6.67. The van der Waals surface area contributed by atoms with E-state index in [1.165, 1.54) is 66.6 Å². The Bertz CT molecular complexity index is 1220. The minimum absolute atomic E-state index is 0.00890. The van der Waals surface area contributed by atoms with Gasteiger partial charge in [-0.15, -0.1) is 0 Å². The number of esters is 1. The van der Waals surface area contributed by atoms with Crippen LogP contribution in [0.1, 0.15) is 77.2 Å². The largest absolute Gasteiger partial charge is 0.462 e. The summed E-state index contributed by atoms with van der Waals surface area (Å²) in [6.07, 6.45) is 15.1. The molecule has 10 nitrogen and oxygen atoms in total. The molecule has 1 unspecified atom stereocenters. The minimum Gasteiger partial charge on any atom is -0.462 e. The van der Waals surface area contributed by atoms with E-state index in [0.717, 1.165) is 19.3 Å². The molecule has 2 amide bonds. The van der Waals surface area contributed by atoms with E-state index >= 15 is 0 Å². The van der Waals surface area contributed by atoms with Gasteiger partial charge in [0.25, 0.3) is 17.5 Å². The van der Waals surface area contributed by atoms with Gasteiger partial charge in [0, 0.05) is 44.0 Å². The molecule has 1 aliphatic heterocycles. The number of carbonyl (C=O) groups is 3. The molecule has 1 aromatic rings. The molecule has 2 rings (SSSR count). The Morgan fingerprint density at radius 1 is 0.951 bits per heavy atom. The molecular formula is C31H42N4O6. The van der Waals surface area contributed by atoms with Gasteiger partial charge < -0.3 is 19.9 Å². The Morgan fingerprint density at radius 3 is 2.15 bits per heavy atom. The normalized spacial score (nSPS) is 15.0. The summed E-state index contributed by atoms with van der Waals surface area (Å²) < 4.78 is 5.63. The molecule has 10 heteroatoms. The molecule has 0 aromatic heterocycles. The maximum absolute atomic E-state index is 13.6. The SMILES string of the molecule is CC=CN(C)C(=O)C1=CC(c2ccccc2[N+](=O)[O-])C(C(=O)OCCCCCCCCC)=C(C(=O)N(C)C=CC)N1. The number of nitrogens with one attached hydrogen (secondary N) is 1. The van der Waals surface area contributed by atoms with Crippen molar-refractivity contribution in [2.45, 2.75) is 71.6 Å². The van der Waals surface area contributed by atoms with Crippen LogP contribution in [0.5, 0.6) is 0 Å². The number of allylic oxidation sites excluding steroid dienone is 3. The second kappa shape index (κ2) is 16.8. The van der Waals surface area contributed by atoms with Crippen LogP contribution in [0.4, 0.5) is 5.69 Å². The molecule has 1 N–H and O–H groups in total. The molecular weight excluding hydrogens is 524 g/mol. The number of nitro benzene ring substituents is 1. The molecule has 0 spiro atoms. The Hall–Kier alpha value is -4.21. The molecule has 41 heavy (non-hydrogen) atoms. The first-order valence-electron chi connectivity index (χ1n) is 14.1. The molecule has 1 aromatic carbocycles. The predicted molar refractivity (Wildman–Crippen MR) is 158 cm³/mol. The fourth-order valence-electron chi connectivity index (χ4n) is 4.58. The van der Waals surface area contributed by atoms with Gasteiger partial charge in [0.15, 0.2) is 0 Å². The summed E-state index contributed by atoms with van der Waals surface area (Å²) in [4.78, 5) is 54.5. The Kier molecular flexibility index (Phi) is 13.5. The highest BCUT2D eigenvalue weighted by atomic mass is 16.6. The van der Waals surface area contributed by atoms with E-state index < -0.39 is 28.6 Å². The number of ether oxygens (including phenoxy) is 1. The first-order valence-corrected chi connectivity index (χ1v) is 14.1. The molecule has 0 saturated heterocycles. The molecule has 0 saturated carbocycles. The molecule has 0 radical (unpaired) electrons. The van der Waals surface area contributed by atoms with Gasteiger partial charge in [-0.1, -0.05) is 75.8 Å². The summed E-state index contributed by atoms with van der Waals surface area (Å²) >= 11 is 0. The maximum Gasteiger partial charge on any atom is 0.337 e. The molecule has 1 heterocycles. The van der Waals surface area contributed by atoms with Gasteiger partial charge in [0.05, 0.1) is 17.1 Å². The van der Waals surface area contributed by atoms with E-state index in [-0.39, 0.29) is 34.8 Å². The number of amides is 2. The standard InChI is InChI=1S/C31H42N4O6/c1-6-9-10-11-12-13-16-21-41-31(38)27-24(23-17-14-15-18-26(23)35(39)40)22-25(29(36)33(4)19-7-2)32-28(27)30(37)34(5)20-8-3/h7-8,14-15,17-20,22,24,32H,6,9-13,16,21H2,1-5H3. The lowest BCUT2D eigenvalue weighted by atomic mass is 9.85. The van der Waals surface area contributed by atoms with Crippen molar-refractivity contribution < 1.29 is 24.0 Å². The highest BCUT2D eigenvalue weighted by Crippen LogP contribution is 2.38. The molecule has 1 atom stereocenters. The van der Waals surface area contributed by atoms with Gasteiger partial charge >= 0.3 is 5.97 Å². The monoisotopic (exact) mass is 566 g/mol. The smallest absolute Gasteiger partial charge is 0.337 e. The van der Waals surface area contributed by atoms with Crippen molar-refractivity contribution in [3.8, 4) is 0 Å². The predicted octanol–water partition coefficient (Wildman–Crippen LogP) is 5.70. The van der Waals surface area contributed by atoms with Crippen LogP contribution < -0.4 is 5.32 Å². The highest BCUT2D eigenvalue weighted by Gasteiger charge is 2.38. The van der Waals surface area contributed by atoms with Crippen molar-refractivity contribution in [3.05, 3.63) is 87.5 Å². The topological polar surface area (TPSA) is 122 Å². The fraction of sp³-hybridized carbons (Fsp3) is 0.452. The minimum atomic E-state index is -1.09. The second-order valence-electron chi connectivity index (χ2n) is 9.84. The van der Waals surface area contributed by atoms with Crippen LogP contribution in [0, 0.1) is 10.1 Å². The molecule has 0 bridgehead atoms. The Labute approximate surface area is 242 Å². The van der Waals surface area contributed by atoms with Gasteiger partial charge in [0.2, 0.25) is 0 Å². The number of hydrogen-bond donors (Lipinski definition) is 1. The van der Waals surface area contributed by atoms with E-state index in [1.54, 1.807) is 45.3 Å². The van der Waals surface area contributed by atoms with Crippen LogP contribution in [-0.4, -0.2) is 53.2 Å². The van der Waals surface area contributed by atoms with Crippen LogP contribution >= 0.6 is 0 Å². The Balaban J connectivity index is 2.56. The number of nitro groups is 1. The summed E-state index contributed by atoms with van der Waals surface area (Å²) in [5.41, 5.74) is -0.323. The summed E-state index contributed by atoms with van der Waals surface area (Å²) in [6, 6.07) is 5.98. The molecule has 0 aliphatic carbocycles. The van der Waals surface area contributed by atoms with Crippen LogP contribution in [0.2, 0.25) is 0 Å². The number of rotatable bonds is 15. The van der Waals surface area contributed by atoms with Crippen molar-refractivity contribution in [3.63, 3.8) is 0 Å². The third kappa shape index (κ3) is 9.16. The first-order chi connectivity index (χ1) is 19.7. The molecule has 1 aliphatic rings. The van der Waals surface area contributed by atoms with Crippen molar-refractivity contribution >= 4 is 23.5 Å². The van der Waals surface area contributed by atoms with Gasteiger partial charge in [-0.3, -0.25) is 19.7 Å². The average Bonchev–Trinajstić information content (AvgIpc) is 2.97. The van der Waals surface area contributed by atoms with Gasteiger partial charge in [-0.05, 0) is 26.3 Å². The number of nitrogens with zero attached hydrogens (tertiary/aromatic N) is 3. The van der Waals surface area contributed by atoms with Gasteiger partial charge in [-0.25, -0.2) is 4.79 Å². The summed E-state index contributed by atoms with van der Waals surface area (Å²) in [6.45, 7) is 5.80. The number of hydrogen-bond acceptors (Lipinski definition) is 7. The van der Waals surface area contributed by atoms with E-state index in [0.29, 0.717) is 6.42 Å². The van der Waals surface area contributed by atoms with E-state index in [9.17, 15) is 24.5 Å². The lowest BCUT2D eigenvalue weighted by molar-refractivity contribution is -0.385. The molecule has 0 fully saturated rings. The van der Waals surface area contributed by atoms with Crippen LogP contribution in [-0.2, 0) is 19.1 Å². The van der Waals surface area contributed by atoms with Gasteiger partial charge in [0.1, 0.15) is 11.4 Å². The van der Waals surface area contributed by atoms with Crippen LogP contribution in [0.25, 0.3) is 0 Å². The highest BCUT2D eigenvalue weighted by molar-refractivity contribution is 6.07. The summed E-state index contributed by atoms with van der Waals surface area (Å²) in [5.74, 6) is -2.94. The average molecular weight is 567 g/mol. The molecule has 222 valence electrons. The van der Waals surface area contributed by atoms with Crippen molar-refractivity contribution in [2.24, 2.45) is 0 Å². The number of likely N-dealkylation sites (N-methyl/N-ethyl adjacent to an activating group) is 2. The Morgan fingerprint density at radius 2 is 1.54 bits per heavy atom. The second-order valence-corrected chi connectivity index (χ2v) is 9.84. The van der Waals surface area contributed by atoms with Gasteiger partial charge in [-0.2, -0.15) is 0 Å². The van der Waals surface area contributed by atoms with Crippen LogP contribution in [0.3, 0.4) is 0 Å². The number of benzene rings is 1. The number of dihydropyridines is 1. The van der Waals surface area contributed by atoms with E-state index in [2.05, 4.69) is 12.2 Å². The number of carbonyl (C=O) groups excluding carboxylic acids is 3. The summed E-state index contributed by atoms with van der Waals surface area (Å²) in [7, 11) is 3.07. The van der Waals surface area contributed by atoms with E-state index in [1.807, 2.05) is 0 Å².